The average Bonchev–Trinajstić information content (AvgIpc) is 2.66. The van der Waals surface area contributed by atoms with E-state index >= 15 is 0 Å². The van der Waals surface area contributed by atoms with Crippen molar-refractivity contribution in [2.75, 3.05) is 51.9 Å². The molecule has 174 valence electrons. The number of nitrogens with zero attached hydrogens (tertiary/aromatic N) is 1. The number of rotatable bonds is 11. The molecule has 0 aromatic heterocycles. The Morgan fingerprint density at radius 2 is 1.61 bits per heavy atom. The van der Waals surface area contributed by atoms with E-state index in [0.29, 0.717) is 12.3 Å². The lowest BCUT2D eigenvalue weighted by atomic mass is 10.1. The molecule has 0 aliphatic carbocycles. The SMILES string of the molecule is COc1ccc(CCN(C)CCOc2c(I)cc(NS(C)(=O)=O)cc2I)cc1OC.Cl. The number of methoxy groups -OCH3 is 2. The summed E-state index contributed by atoms with van der Waals surface area (Å²) in [4.78, 5) is 2.20. The van der Waals surface area contributed by atoms with E-state index in [1.165, 1.54) is 5.56 Å². The number of nitrogens with one attached hydrogen (secondary N) is 1. The summed E-state index contributed by atoms with van der Waals surface area (Å²) in [6, 6.07) is 9.49. The van der Waals surface area contributed by atoms with Crippen molar-refractivity contribution in [3.8, 4) is 17.2 Å². The minimum atomic E-state index is -3.31. The number of likely N-dealkylation sites (N-methyl/N-ethyl adjacent to an activating group) is 1. The first kappa shape index (κ1) is 28.3. The largest absolute Gasteiger partial charge is 0.493 e. The third-order valence-corrected chi connectivity index (χ3v) is 6.46. The van der Waals surface area contributed by atoms with Gasteiger partial charge in [0.2, 0.25) is 10.0 Å². The van der Waals surface area contributed by atoms with Gasteiger partial charge in [-0.2, -0.15) is 0 Å². The van der Waals surface area contributed by atoms with Crippen LogP contribution in [0.4, 0.5) is 5.69 Å². The maximum absolute atomic E-state index is 11.4. The Balaban J connectivity index is 0.00000480. The van der Waals surface area contributed by atoms with E-state index in [0.717, 1.165) is 50.2 Å². The van der Waals surface area contributed by atoms with Crippen molar-refractivity contribution in [2.24, 2.45) is 0 Å². The lowest BCUT2D eigenvalue weighted by molar-refractivity contribution is 0.237. The molecule has 0 atom stereocenters. The van der Waals surface area contributed by atoms with Gasteiger partial charge in [-0.25, -0.2) is 8.42 Å². The quantitative estimate of drug-likeness (QED) is 0.354. The van der Waals surface area contributed by atoms with Gasteiger partial charge in [0.15, 0.2) is 11.5 Å². The summed E-state index contributed by atoms with van der Waals surface area (Å²) in [6.07, 6.45) is 2.02. The third kappa shape index (κ3) is 9.36. The van der Waals surface area contributed by atoms with Crippen LogP contribution in [0.5, 0.6) is 17.2 Å². The van der Waals surface area contributed by atoms with Gasteiger partial charge in [0, 0.05) is 13.1 Å². The second-order valence-electron chi connectivity index (χ2n) is 6.73. The van der Waals surface area contributed by atoms with Gasteiger partial charge in [-0.1, -0.05) is 6.07 Å². The van der Waals surface area contributed by atoms with Crippen molar-refractivity contribution in [3.05, 3.63) is 43.0 Å². The molecule has 7 nitrogen and oxygen atoms in total. The Morgan fingerprint density at radius 3 is 2.16 bits per heavy atom. The van der Waals surface area contributed by atoms with Crippen LogP contribution in [0.15, 0.2) is 30.3 Å². The van der Waals surface area contributed by atoms with E-state index in [1.807, 2.05) is 18.2 Å². The van der Waals surface area contributed by atoms with Crippen LogP contribution in [0.25, 0.3) is 0 Å². The van der Waals surface area contributed by atoms with Gasteiger partial charge in [-0.05, 0) is 88.5 Å². The van der Waals surface area contributed by atoms with Crippen molar-refractivity contribution in [1.29, 1.82) is 0 Å². The Kier molecular flexibility index (Phi) is 12.0. The summed E-state index contributed by atoms with van der Waals surface area (Å²) in [5, 5.41) is 0. The number of halogens is 3. The standard InChI is InChI=1S/C20H26I2N2O5S.ClH/c1-24(8-7-14-5-6-18(27-2)19(11-14)28-3)9-10-29-20-16(21)12-15(13-17(20)22)23-30(4,25)26;/h5-6,11-13,23H,7-10H2,1-4H3;1H. The number of hydrogen-bond donors (Lipinski definition) is 1. The topological polar surface area (TPSA) is 77.1 Å². The molecule has 0 radical (unpaired) electrons. The van der Waals surface area contributed by atoms with Crippen molar-refractivity contribution < 1.29 is 22.6 Å². The van der Waals surface area contributed by atoms with E-state index < -0.39 is 10.0 Å². The molecule has 11 heteroatoms. The molecule has 0 bridgehead atoms. The van der Waals surface area contributed by atoms with Crippen molar-refractivity contribution >= 4 is 73.3 Å². The van der Waals surface area contributed by atoms with E-state index in [9.17, 15) is 8.42 Å². The zero-order valence-electron chi connectivity index (χ0n) is 17.8. The highest BCUT2D eigenvalue weighted by atomic mass is 127. The molecule has 0 unspecified atom stereocenters. The molecule has 1 N–H and O–H groups in total. The van der Waals surface area contributed by atoms with E-state index in [1.54, 1.807) is 26.4 Å². The molecular formula is C20H27ClI2N2O5S. The number of benzene rings is 2. The first-order chi connectivity index (χ1) is 14.1. The second kappa shape index (κ2) is 13.1. The Morgan fingerprint density at radius 1 is 1.00 bits per heavy atom. The van der Waals surface area contributed by atoms with Crippen molar-refractivity contribution in [1.82, 2.24) is 4.90 Å². The molecule has 0 fully saturated rings. The van der Waals surface area contributed by atoms with Gasteiger partial charge in [-0.3, -0.25) is 4.72 Å². The minimum absolute atomic E-state index is 0. The highest BCUT2D eigenvalue weighted by molar-refractivity contribution is 14.1. The molecule has 2 rings (SSSR count). The summed E-state index contributed by atoms with van der Waals surface area (Å²) in [7, 11) is 2.01. The van der Waals surface area contributed by atoms with E-state index in [-0.39, 0.29) is 12.4 Å². The number of anilines is 1. The van der Waals surface area contributed by atoms with Crippen LogP contribution in [0.1, 0.15) is 5.56 Å². The number of hydrogen-bond acceptors (Lipinski definition) is 6. The average molecular weight is 697 g/mol. The first-order valence-corrected chi connectivity index (χ1v) is 13.2. The van der Waals surface area contributed by atoms with E-state index in [4.69, 9.17) is 14.2 Å². The number of sulfonamides is 1. The van der Waals surface area contributed by atoms with E-state index in [2.05, 4.69) is 61.9 Å². The van der Waals surface area contributed by atoms with Crippen LogP contribution in [0.3, 0.4) is 0 Å². The Labute approximate surface area is 217 Å². The molecule has 0 amide bonds. The van der Waals surface area contributed by atoms with Gasteiger partial charge in [-0.15, -0.1) is 12.4 Å². The summed E-state index contributed by atoms with van der Waals surface area (Å²) in [6.45, 7) is 2.18. The predicted octanol–water partition coefficient (Wildman–Crippen LogP) is 4.26. The zero-order valence-corrected chi connectivity index (χ0v) is 23.7. The van der Waals surface area contributed by atoms with Gasteiger partial charge < -0.3 is 19.1 Å². The van der Waals surface area contributed by atoms with Crippen LogP contribution in [-0.2, 0) is 16.4 Å². The lowest BCUT2D eigenvalue weighted by Gasteiger charge is -2.18. The van der Waals surface area contributed by atoms with Crippen LogP contribution < -0.4 is 18.9 Å². The second-order valence-corrected chi connectivity index (χ2v) is 10.8. The molecule has 0 aliphatic rings. The predicted molar refractivity (Wildman–Crippen MR) is 144 cm³/mol. The maximum atomic E-state index is 11.4. The molecule has 31 heavy (non-hydrogen) atoms. The monoisotopic (exact) mass is 696 g/mol. The fourth-order valence-electron chi connectivity index (χ4n) is 2.74. The Hall–Kier alpha value is -0.700. The normalized spacial score (nSPS) is 11.1. The van der Waals surface area contributed by atoms with Crippen LogP contribution in [0.2, 0.25) is 0 Å². The zero-order chi connectivity index (χ0) is 22.3. The van der Waals surface area contributed by atoms with Crippen LogP contribution in [0, 0.1) is 7.14 Å². The summed E-state index contributed by atoms with van der Waals surface area (Å²) in [5.41, 5.74) is 1.71. The Bertz CT molecular complexity index is 953. The van der Waals surface area contributed by atoms with Crippen molar-refractivity contribution in [2.45, 2.75) is 6.42 Å². The lowest BCUT2D eigenvalue weighted by Crippen LogP contribution is -2.26. The third-order valence-electron chi connectivity index (χ3n) is 4.25. The van der Waals surface area contributed by atoms with Gasteiger partial charge in [0.25, 0.3) is 0 Å². The van der Waals surface area contributed by atoms with Crippen LogP contribution >= 0.6 is 57.6 Å². The van der Waals surface area contributed by atoms with Gasteiger partial charge in [0.1, 0.15) is 12.4 Å². The molecule has 2 aromatic carbocycles. The minimum Gasteiger partial charge on any atom is -0.493 e. The molecule has 0 saturated heterocycles. The van der Waals surface area contributed by atoms with Crippen LogP contribution in [-0.4, -0.2) is 60.5 Å². The maximum Gasteiger partial charge on any atom is 0.229 e. The summed E-state index contributed by atoms with van der Waals surface area (Å²) < 4.78 is 43.7. The fourth-order valence-corrected chi connectivity index (χ4v) is 5.37. The fraction of sp³-hybridized carbons (Fsp3) is 0.400. The number of ether oxygens (including phenoxy) is 3. The molecule has 0 heterocycles. The summed E-state index contributed by atoms with van der Waals surface area (Å²) >= 11 is 4.31. The van der Waals surface area contributed by atoms with Crippen molar-refractivity contribution in [3.63, 3.8) is 0 Å². The molecule has 0 aliphatic heterocycles. The highest BCUT2D eigenvalue weighted by Gasteiger charge is 2.12. The summed E-state index contributed by atoms with van der Waals surface area (Å²) in [5.74, 6) is 2.23. The smallest absolute Gasteiger partial charge is 0.229 e. The molecule has 2 aromatic rings. The van der Waals surface area contributed by atoms with Gasteiger partial charge in [0.05, 0.1) is 33.3 Å². The molecule has 0 spiro atoms. The molecule has 0 saturated carbocycles. The highest BCUT2D eigenvalue weighted by Crippen LogP contribution is 2.31. The molecular weight excluding hydrogens is 670 g/mol. The first-order valence-electron chi connectivity index (χ1n) is 9.12. The van der Waals surface area contributed by atoms with Gasteiger partial charge >= 0.3 is 0 Å².